The van der Waals surface area contributed by atoms with Gasteiger partial charge in [0.2, 0.25) is 5.69 Å². The van der Waals surface area contributed by atoms with Gasteiger partial charge < -0.3 is 14.6 Å². The van der Waals surface area contributed by atoms with Crippen LogP contribution in [0.25, 0.3) is 10.9 Å². The first-order valence-corrected chi connectivity index (χ1v) is 12.0. The first-order chi connectivity index (χ1) is 17.8. The number of ether oxygens (including phenoxy) is 2. The number of fused-ring (bicyclic) bond motifs is 1. The molecule has 2 heterocycles. The second-order valence-corrected chi connectivity index (χ2v) is 9.07. The van der Waals surface area contributed by atoms with Crippen molar-refractivity contribution in [3.8, 4) is 11.5 Å². The van der Waals surface area contributed by atoms with Crippen LogP contribution in [0.2, 0.25) is 0 Å². The van der Waals surface area contributed by atoms with Gasteiger partial charge in [0.25, 0.3) is 0 Å². The lowest BCUT2D eigenvalue weighted by Gasteiger charge is -2.19. The largest absolute Gasteiger partial charge is 0.481 e. The lowest BCUT2D eigenvalue weighted by molar-refractivity contribution is -0.437. The third-order valence-electron chi connectivity index (χ3n) is 6.50. The standard InChI is InChI=1S/C27H24F3N3O4/c1-2-21-19(11-15-3-7-18(8-4-15)33-13-17(12-31-33)16-5-6-16)26(37-27(29)30)24-22(36-14-23(34)35)10-9-20(28)25(24)32-21/h3-4,7-10,12-13,16-17,27H,2,5-6,11,14H2,1H3/p+1. The van der Waals surface area contributed by atoms with E-state index in [0.717, 1.165) is 17.3 Å². The number of aliphatic carboxylic acids is 1. The maximum atomic E-state index is 14.7. The van der Waals surface area contributed by atoms with E-state index >= 15 is 0 Å². The highest BCUT2D eigenvalue weighted by molar-refractivity contribution is 5.93. The molecule has 0 bridgehead atoms. The van der Waals surface area contributed by atoms with Crippen molar-refractivity contribution in [2.24, 2.45) is 16.9 Å². The first-order valence-electron chi connectivity index (χ1n) is 12.0. The van der Waals surface area contributed by atoms with Crippen LogP contribution in [0.5, 0.6) is 11.5 Å². The lowest BCUT2D eigenvalue weighted by Crippen LogP contribution is -2.13. The summed E-state index contributed by atoms with van der Waals surface area (Å²) in [5.74, 6) is -1.38. The molecule has 0 saturated heterocycles. The average Bonchev–Trinajstić information content (AvgIpc) is 3.61. The van der Waals surface area contributed by atoms with E-state index in [1.165, 1.54) is 18.9 Å². The Hall–Kier alpha value is -3.95. The van der Waals surface area contributed by atoms with Gasteiger partial charge in [-0.15, -0.1) is 0 Å². The number of aryl methyl sites for hydroxylation is 1. The average molecular weight is 513 g/mol. The van der Waals surface area contributed by atoms with Gasteiger partial charge in [0.15, 0.2) is 12.8 Å². The number of pyridine rings is 1. The topological polar surface area (TPSA) is 84.0 Å². The summed E-state index contributed by atoms with van der Waals surface area (Å²) in [7, 11) is 0. The first kappa shape index (κ1) is 24.7. The van der Waals surface area contributed by atoms with Gasteiger partial charge >= 0.3 is 12.6 Å². The molecule has 0 spiro atoms. The van der Waals surface area contributed by atoms with Crippen LogP contribution in [0, 0.1) is 17.7 Å². The highest BCUT2D eigenvalue weighted by Gasteiger charge is 2.35. The molecule has 2 aromatic carbocycles. The molecule has 1 aliphatic heterocycles. The Morgan fingerprint density at radius 1 is 1.19 bits per heavy atom. The Bertz CT molecular complexity index is 1400. The van der Waals surface area contributed by atoms with E-state index < -0.39 is 25.0 Å². The van der Waals surface area contributed by atoms with Crippen molar-refractivity contribution in [1.29, 1.82) is 0 Å². The highest BCUT2D eigenvalue weighted by Crippen LogP contribution is 2.41. The summed E-state index contributed by atoms with van der Waals surface area (Å²) < 4.78 is 53.9. The number of carboxylic acids is 1. The molecule has 1 aromatic heterocycles. The Kier molecular flexibility index (Phi) is 6.82. The molecule has 7 nitrogen and oxygen atoms in total. The number of nitrogens with zero attached hydrogens (tertiary/aromatic N) is 3. The molecule has 5 rings (SSSR count). The number of halogens is 3. The van der Waals surface area contributed by atoms with Gasteiger partial charge in [0, 0.05) is 29.8 Å². The fourth-order valence-corrected chi connectivity index (χ4v) is 4.55. The van der Waals surface area contributed by atoms with Crippen LogP contribution in [0.3, 0.4) is 0 Å². The van der Waals surface area contributed by atoms with Crippen molar-refractivity contribution < 1.29 is 37.2 Å². The SMILES string of the molecule is CCc1nc2c(F)ccc(OCC(=O)O)c2c(OC(F)F)c1Cc1ccc([N+]2=CC(C3CC3)C=N2)cc1. The van der Waals surface area contributed by atoms with Crippen molar-refractivity contribution in [2.45, 2.75) is 39.2 Å². The van der Waals surface area contributed by atoms with Crippen LogP contribution in [-0.4, -0.2) is 46.4 Å². The molecular formula is C27H25F3N3O4+. The number of carboxylic acid groups (broad SMARTS) is 1. The van der Waals surface area contributed by atoms with Crippen molar-refractivity contribution in [1.82, 2.24) is 4.98 Å². The maximum absolute atomic E-state index is 14.7. The van der Waals surface area contributed by atoms with Crippen molar-refractivity contribution in [3.05, 3.63) is 59.0 Å². The van der Waals surface area contributed by atoms with Gasteiger partial charge in [-0.2, -0.15) is 8.78 Å². The summed E-state index contributed by atoms with van der Waals surface area (Å²) in [5, 5.41) is 13.4. The number of benzene rings is 2. The second-order valence-electron chi connectivity index (χ2n) is 9.07. The van der Waals surface area contributed by atoms with E-state index in [1.807, 2.05) is 35.2 Å². The molecular weight excluding hydrogens is 487 g/mol. The fraction of sp³-hybridized carbons (Fsp3) is 0.333. The van der Waals surface area contributed by atoms with Gasteiger partial charge in [0.05, 0.1) is 17.5 Å². The number of carbonyl (C=O) groups is 1. The number of rotatable bonds is 10. The number of alkyl halides is 2. The van der Waals surface area contributed by atoms with E-state index in [4.69, 9.17) is 14.6 Å². The van der Waals surface area contributed by atoms with Crippen LogP contribution in [-0.2, 0) is 17.6 Å². The smallest absolute Gasteiger partial charge is 0.387 e. The zero-order valence-corrected chi connectivity index (χ0v) is 20.0. The molecule has 1 N–H and O–H groups in total. The minimum absolute atomic E-state index is 0.103. The fourth-order valence-electron chi connectivity index (χ4n) is 4.55. The number of hydrazone groups is 1. The van der Waals surface area contributed by atoms with Crippen molar-refractivity contribution in [2.75, 3.05) is 6.61 Å². The van der Waals surface area contributed by atoms with Crippen LogP contribution >= 0.6 is 0 Å². The Balaban J connectivity index is 1.54. The summed E-state index contributed by atoms with van der Waals surface area (Å²) >= 11 is 0. The molecule has 0 radical (unpaired) electrons. The van der Waals surface area contributed by atoms with Gasteiger partial charge in [-0.1, -0.05) is 23.7 Å². The Morgan fingerprint density at radius 3 is 2.59 bits per heavy atom. The van der Waals surface area contributed by atoms with Crippen LogP contribution in [0.4, 0.5) is 18.9 Å². The van der Waals surface area contributed by atoms with Gasteiger partial charge in [-0.3, -0.25) is 0 Å². The predicted octanol–water partition coefficient (Wildman–Crippen LogP) is 5.33. The third-order valence-corrected chi connectivity index (χ3v) is 6.50. The molecule has 1 atom stereocenters. The summed E-state index contributed by atoms with van der Waals surface area (Å²) in [6.45, 7) is -2.15. The van der Waals surface area contributed by atoms with Gasteiger partial charge in [-0.05, 0) is 48.0 Å². The molecule has 1 saturated carbocycles. The molecule has 0 amide bonds. The molecule has 10 heteroatoms. The minimum atomic E-state index is -3.20. The number of aromatic nitrogens is 1. The quantitative estimate of drug-likeness (QED) is 0.371. The molecule has 3 aromatic rings. The summed E-state index contributed by atoms with van der Waals surface area (Å²) in [6.07, 6.45) is 7.00. The van der Waals surface area contributed by atoms with E-state index in [9.17, 15) is 18.0 Å². The normalized spacial score (nSPS) is 16.9. The van der Waals surface area contributed by atoms with E-state index in [-0.39, 0.29) is 28.8 Å². The van der Waals surface area contributed by atoms with Gasteiger partial charge in [0.1, 0.15) is 22.8 Å². The Labute approximate surface area is 210 Å². The van der Waals surface area contributed by atoms with Crippen LogP contribution in [0.15, 0.2) is 41.5 Å². The number of hydrogen-bond donors (Lipinski definition) is 1. The van der Waals surface area contributed by atoms with Crippen molar-refractivity contribution >= 4 is 35.0 Å². The van der Waals surface area contributed by atoms with Crippen LogP contribution < -0.4 is 9.47 Å². The summed E-state index contributed by atoms with van der Waals surface area (Å²) in [5.41, 5.74) is 2.21. The Morgan fingerprint density at radius 2 is 1.95 bits per heavy atom. The molecule has 1 unspecified atom stereocenters. The molecule has 192 valence electrons. The second kappa shape index (κ2) is 10.2. The molecule has 2 aliphatic rings. The minimum Gasteiger partial charge on any atom is -0.481 e. The zero-order valence-electron chi connectivity index (χ0n) is 20.0. The lowest BCUT2D eigenvalue weighted by atomic mass is 9.98. The predicted molar refractivity (Wildman–Crippen MR) is 131 cm³/mol. The monoisotopic (exact) mass is 512 g/mol. The summed E-state index contributed by atoms with van der Waals surface area (Å²) in [6, 6.07) is 9.77. The van der Waals surface area contributed by atoms with E-state index in [0.29, 0.717) is 29.5 Å². The van der Waals surface area contributed by atoms with Gasteiger partial charge in [-0.25, -0.2) is 14.2 Å². The van der Waals surface area contributed by atoms with E-state index in [1.54, 1.807) is 6.92 Å². The highest BCUT2D eigenvalue weighted by atomic mass is 19.3. The van der Waals surface area contributed by atoms with Crippen molar-refractivity contribution in [3.63, 3.8) is 0 Å². The zero-order chi connectivity index (χ0) is 26.1. The summed E-state index contributed by atoms with van der Waals surface area (Å²) in [4.78, 5) is 15.4. The molecule has 1 aliphatic carbocycles. The van der Waals surface area contributed by atoms with E-state index in [2.05, 4.69) is 16.3 Å². The maximum Gasteiger partial charge on any atom is 0.387 e. The molecule has 1 fully saturated rings. The number of hydrogen-bond acceptors (Lipinski definition) is 5. The molecule has 37 heavy (non-hydrogen) atoms. The van der Waals surface area contributed by atoms with Crippen LogP contribution in [0.1, 0.15) is 36.6 Å². The third kappa shape index (κ3) is 5.28.